The number of aromatic nitrogens is 1. The highest BCUT2D eigenvalue weighted by atomic mass is 32.1. The zero-order valence-corrected chi connectivity index (χ0v) is 17.7. The SMILES string of the molecule is CC(=O)NCCc1ccc(-c2csc(NC(=O)[C@@H]3Cc4ccccc4C(=O)O3)n2)cc1. The van der Waals surface area contributed by atoms with Crippen molar-refractivity contribution in [3.05, 3.63) is 70.6 Å². The summed E-state index contributed by atoms with van der Waals surface area (Å²) in [7, 11) is 0. The van der Waals surface area contributed by atoms with Crippen molar-refractivity contribution in [2.24, 2.45) is 0 Å². The molecule has 0 aliphatic carbocycles. The number of carbonyl (C=O) groups is 3. The van der Waals surface area contributed by atoms with Crippen molar-refractivity contribution in [2.45, 2.75) is 25.9 Å². The van der Waals surface area contributed by atoms with E-state index in [-0.39, 0.29) is 5.91 Å². The summed E-state index contributed by atoms with van der Waals surface area (Å²) in [6.07, 6.45) is 0.213. The van der Waals surface area contributed by atoms with Crippen LogP contribution < -0.4 is 10.6 Å². The van der Waals surface area contributed by atoms with Crippen LogP contribution in [0.4, 0.5) is 5.13 Å². The summed E-state index contributed by atoms with van der Waals surface area (Å²) < 4.78 is 5.30. The lowest BCUT2D eigenvalue weighted by Gasteiger charge is -2.23. The number of nitrogens with one attached hydrogen (secondary N) is 2. The topological polar surface area (TPSA) is 97.4 Å². The molecule has 0 bridgehead atoms. The molecule has 8 heteroatoms. The van der Waals surface area contributed by atoms with Gasteiger partial charge in [0.2, 0.25) is 5.91 Å². The van der Waals surface area contributed by atoms with Gasteiger partial charge in [-0.1, -0.05) is 42.5 Å². The highest BCUT2D eigenvalue weighted by Gasteiger charge is 2.31. The van der Waals surface area contributed by atoms with E-state index in [0.717, 1.165) is 28.8 Å². The van der Waals surface area contributed by atoms with Crippen LogP contribution in [-0.4, -0.2) is 35.4 Å². The van der Waals surface area contributed by atoms with E-state index in [0.29, 0.717) is 23.7 Å². The van der Waals surface area contributed by atoms with E-state index in [1.165, 1.54) is 18.3 Å². The summed E-state index contributed by atoms with van der Waals surface area (Å²) in [5.41, 5.74) is 4.10. The maximum atomic E-state index is 12.6. The fourth-order valence-electron chi connectivity index (χ4n) is 3.35. The predicted octanol–water partition coefficient (Wildman–Crippen LogP) is 3.21. The average Bonchev–Trinajstić information content (AvgIpc) is 3.22. The summed E-state index contributed by atoms with van der Waals surface area (Å²) >= 11 is 1.31. The molecule has 0 fully saturated rings. The molecule has 2 amide bonds. The molecule has 2 heterocycles. The molecule has 158 valence electrons. The number of hydrogen-bond donors (Lipinski definition) is 2. The number of fused-ring (bicyclic) bond motifs is 1. The molecular formula is C23H21N3O4S. The number of amides is 2. The normalized spacial score (nSPS) is 15.0. The van der Waals surface area contributed by atoms with Gasteiger partial charge in [0.15, 0.2) is 11.2 Å². The average molecular weight is 436 g/mol. The van der Waals surface area contributed by atoms with Gasteiger partial charge >= 0.3 is 5.97 Å². The van der Waals surface area contributed by atoms with Gasteiger partial charge in [-0.2, -0.15) is 0 Å². The van der Waals surface area contributed by atoms with E-state index in [1.807, 2.05) is 41.8 Å². The molecule has 31 heavy (non-hydrogen) atoms. The Kier molecular flexibility index (Phi) is 6.08. The van der Waals surface area contributed by atoms with Crippen molar-refractivity contribution in [3.8, 4) is 11.3 Å². The molecule has 0 radical (unpaired) electrons. The first-order valence-electron chi connectivity index (χ1n) is 9.88. The zero-order chi connectivity index (χ0) is 21.8. The Morgan fingerprint density at radius 1 is 1.16 bits per heavy atom. The van der Waals surface area contributed by atoms with Crippen LogP contribution >= 0.6 is 11.3 Å². The number of nitrogens with zero attached hydrogens (tertiary/aromatic N) is 1. The smallest absolute Gasteiger partial charge is 0.339 e. The maximum absolute atomic E-state index is 12.6. The minimum atomic E-state index is -0.877. The Morgan fingerprint density at radius 2 is 1.94 bits per heavy atom. The fraction of sp³-hybridized carbons (Fsp3) is 0.217. The fourth-order valence-corrected chi connectivity index (χ4v) is 4.08. The van der Waals surface area contributed by atoms with Crippen molar-refractivity contribution >= 4 is 34.3 Å². The van der Waals surface area contributed by atoms with Crippen molar-refractivity contribution in [1.29, 1.82) is 0 Å². The number of carbonyl (C=O) groups excluding carboxylic acids is 3. The molecule has 1 atom stereocenters. The van der Waals surface area contributed by atoms with E-state index in [4.69, 9.17) is 4.74 Å². The lowest BCUT2D eigenvalue weighted by Crippen LogP contribution is -2.37. The Labute approximate surface area is 183 Å². The monoisotopic (exact) mass is 435 g/mol. The van der Waals surface area contributed by atoms with Gasteiger partial charge < -0.3 is 10.1 Å². The molecule has 0 spiro atoms. The van der Waals surface area contributed by atoms with Crippen LogP contribution in [0.1, 0.15) is 28.4 Å². The number of esters is 1. The lowest BCUT2D eigenvalue weighted by molar-refractivity contribution is -0.125. The standard InChI is InChI=1S/C23H21N3O4S/c1-14(27)24-11-10-15-6-8-16(9-7-15)19-13-31-23(25-19)26-21(28)20-12-17-4-2-3-5-18(17)22(29)30-20/h2-9,13,20H,10-12H2,1H3,(H,24,27)(H,25,26,28)/t20-/m0/s1. The van der Waals surface area contributed by atoms with Gasteiger partial charge in [-0.3, -0.25) is 14.9 Å². The second-order valence-corrected chi connectivity index (χ2v) is 8.07. The van der Waals surface area contributed by atoms with Gasteiger partial charge in [0.1, 0.15) is 0 Å². The minimum absolute atomic E-state index is 0.0409. The van der Waals surface area contributed by atoms with E-state index in [1.54, 1.807) is 12.1 Å². The molecule has 1 aromatic heterocycles. The lowest BCUT2D eigenvalue weighted by atomic mass is 9.98. The largest absolute Gasteiger partial charge is 0.448 e. The quantitative estimate of drug-likeness (QED) is 0.580. The van der Waals surface area contributed by atoms with E-state index < -0.39 is 18.0 Å². The Morgan fingerprint density at radius 3 is 2.71 bits per heavy atom. The second kappa shape index (κ2) is 9.09. The molecule has 3 aromatic rings. The van der Waals surface area contributed by atoms with Crippen LogP contribution in [0.25, 0.3) is 11.3 Å². The van der Waals surface area contributed by atoms with E-state index >= 15 is 0 Å². The van der Waals surface area contributed by atoms with Crippen LogP contribution in [-0.2, 0) is 27.2 Å². The van der Waals surface area contributed by atoms with Crippen LogP contribution in [0.3, 0.4) is 0 Å². The van der Waals surface area contributed by atoms with E-state index in [9.17, 15) is 14.4 Å². The van der Waals surface area contributed by atoms with Gasteiger partial charge in [-0.15, -0.1) is 11.3 Å². The first-order valence-corrected chi connectivity index (χ1v) is 10.8. The molecular weight excluding hydrogens is 414 g/mol. The van der Waals surface area contributed by atoms with Crippen LogP contribution in [0.15, 0.2) is 53.9 Å². The van der Waals surface area contributed by atoms with Gasteiger partial charge in [0, 0.05) is 30.8 Å². The van der Waals surface area contributed by atoms with Crippen LogP contribution in [0, 0.1) is 0 Å². The number of thiazole rings is 1. The number of anilines is 1. The molecule has 0 saturated heterocycles. The van der Waals surface area contributed by atoms with Gasteiger partial charge in [-0.25, -0.2) is 9.78 Å². The molecule has 0 unspecified atom stereocenters. The minimum Gasteiger partial charge on any atom is -0.448 e. The summed E-state index contributed by atoms with van der Waals surface area (Å²) in [5.74, 6) is -0.918. The summed E-state index contributed by atoms with van der Waals surface area (Å²) in [4.78, 5) is 40.2. The van der Waals surface area contributed by atoms with Crippen molar-refractivity contribution < 1.29 is 19.1 Å². The molecule has 2 aromatic carbocycles. The van der Waals surface area contributed by atoms with Crippen LogP contribution in [0.5, 0.6) is 0 Å². The van der Waals surface area contributed by atoms with Gasteiger partial charge in [-0.05, 0) is 23.6 Å². The van der Waals surface area contributed by atoms with Gasteiger partial charge in [0.05, 0.1) is 11.3 Å². The Balaban J connectivity index is 1.37. The second-order valence-electron chi connectivity index (χ2n) is 7.21. The van der Waals surface area contributed by atoms with Gasteiger partial charge in [0.25, 0.3) is 5.91 Å². The highest BCUT2D eigenvalue weighted by Crippen LogP contribution is 2.26. The Hall–Kier alpha value is -3.52. The number of benzene rings is 2. The highest BCUT2D eigenvalue weighted by molar-refractivity contribution is 7.14. The summed E-state index contributed by atoms with van der Waals surface area (Å²) in [5, 5.41) is 7.84. The third-order valence-corrected chi connectivity index (χ3v) is 5.71. The number of rotatable bonds is 6. The Bertz CT molecular complexity index is 1120. The predicted molar refractivity (Wildman–Crippen MR) is 118 cm³/mol. The number of ether oxygens (including phenoxy) is 1. The zero-order valence-electron chi connectivity index (χ0n) is 16.9. The molecule has 0 saturated carbocycles. The molecule has 4 rings (SSSR count). The first-order chi connectivity index (χ1) is 15.0. The maximum Gasteiger partial charge on any atom is 0.339 e. The molecule has 2 N–H and O–H groups in total. The third-order valence-electron chi connectivity index (χ3n) is 4.96. The van der Waals surface area contributed by atoms with Crippen molar-refractivity contribution in [2.75, 3.05) is 11.9 Å². The first kappa shape index (κ1) is 20.7. The summed E-state index contributed by atoms with van der Waals surface area (Å²) in [6, 6.07) is 15.0. The number of hydrogen-bond acceptors (Lipinski definition) is 6. The summed E-state index contributed by atoms with van der Waals surface area (Å²) in [6.45, 7) is 2.09. The van der Waals surface area contributed by atoms with E-state index in [2.05, 4.69) is 15.6 Å². The molecule has 1 aliphatic rings. The number of cyclic esters (lactones) is 1. The third kappa shape index (κ3) is 4.97. The van der Waals surface area contributed by atoms with Crippen molar-refractivity contribution in [3.63, 3.8) is 0 Å². The van der Waals surface area contributed by atoms with Crippen molar-refractivity contribution in [1.82, 2.24) is 10.3 Å². The van der Waals surface area contributed by atoms with Crippen LogP contribution in [0.2, 0.25) is 0 Å². The molecule has 1 aliphatic heterocycles. The molecule has 7 nitrogen and oxygen atoms in total.